The maximum absolute atomic E-state index is 11.9. The lowest BCUT2D eigenvalue weighted by Gasteiger charge is -2.04. The molecule has 0 N–H and O–H groups in total. The quantitative estimate of drug-likeness (QED) is 0.713. The van der Waals surface area contributed by atoms with Crippen molar-refractivity contribution in [2.75, 3.05) is 0 Å². The Labute approximate surface area is 87.0 Å². The summed E-state index contributed by atoms with van der Waals surface area (Å²) in [6, 6.07) is 0. The summed E-state index contributed by atoms with van der Waals surface area (Å²) >= 11 is 0. The van der Waals surface area contributed by atoms with E-state index >= 15 is 0 Å². The fraction of sp³-hybridized carbons (Fsp3) is 0.909. The summed E-state index contributed by atoms with van der Waals surface area (Å²) in [5.41, 5.74) is 0. The van der Waals surface area contributed by atoms with Crippen LogP contribution in [-0.2, 0) is 4.79 Å². The van der Waals surface area contributed by atoms with Gasteiger partial charge in [0, 0.05) is 12.3 Å². The van der Waals surface area contributed by atoms with Crippen LogP contribution in [0.3, 0.4) is 0 Å². The van der Waals surface area contributed by atoms with Crippen molar-refractivity contribution in [3.8, 4) is 0 Å². The Bertz CT molecular complexity index is 247. The maximum atomic E-state index is 11.9. The van der Waals surface area contributed by atoms with E-state index in [1.54, 1.807) is 0 Å². The minimum atomic E-state index is -4.18. The topological polar surface area (TPSA) is 17.1 Å². The summed E-state index contributed by atoms with van der Waals surface area (Å²) in [4.78, 5) is 11.5. The lowest BCUT2D eigenvalue weighted by Crippen LogP contribution is -2.12. The Balaban J connectivity index is 1.78. The molecule has 2 saturated carbocycles. The molecule has 0 amide bonds. The van der Waals surface area contributed by atoms with Gasteiger partial charge in [0.25, 0.3) is 0 Å². The number of carbonyl (C=O) groups is 1. The fourth-order valence-corrected chi connectivity index (χ4v) is 2.90. The van der Waals surface area contributed by atoms with Gasteiger partial charge in [-0.1, -0.05) is 12.8 Å². The molecule has 0 saturated heterocycles. The molecule has 0 spiro atoms. The molecule has 0 radical (unpaired) electrons. The van der Waals surface area contributed by atoms with Crippen molar-refractivity contribution in [2.24, 2.45) is 17.8 Å². The molecule has 2 unspecified atom stereocenters. The zero-order chi connectivity index (χ0) is 11.1. The number of ketones is 1. The van der Waals surface area contributed by atoms with Gasteiger partial charge in [-0.3, -0.25) is 4.79 Å². The summed E-state index contributed by atoms with van der Waals surface area (Å²) in [5, 5.41) is 0. The smallest absolute Gasteiger partial charge is 0.299 e. The second kappa shape index (κ2) is 3.80. The third-order valence-corrected chi connectivity index (χ3v) is 3.68. The van der Waals surface area contributed by atoms with Gasteiger partial charge in [-0.05, 0) is 24.7 Å². The molecular formula is C11H15F3O. The van der Waals surface area contributed by atoms with E-state index in [9.17, 15) is 18.0 Å². The number of fused-ring (bicyclic) bond motifs is 1. The van der Waals surface area contributed by atoms with Gasteiger partial charge in [0.05, 0.1) is 6.42 Å². The van der Waals surface area contributed by atoms with Crippen LogP contribution in [0.1, 0.15) is 38.5 Å². The zero-order valence-corrected chi connectivity index (χ0v) is 8.52. The summed E-state index contributed by atoms with van der Waals surface area (Å²) in [6.07, 6.45) is -1.05. The van der Waals surface area contributed by atoms with Gasteiger partial charge in [-0.25, -0.2) is 0 Å². The van der Waals surface area contributed by atoms with Crippen LogP contribution < -0.4 is 0 Å². The first-order chi connectivity index (χ1) is 6.99. The molecule has 0 aromatic carbocycles. The molecular weight excluding hydrogens is 205 g/mol. The van der Waals surface area contributed by atoms with Crippen LogP contribution in [0.2, 0.25) is 0 Å². The third-order valence-electron chi connectivity index (χ3n) is 3.68. The number of hydrogen-bond donors (Lipinski definition) is 0. The number of carbonyl (C=O) groups excluding carboxylic acids is 1. The highest BCUT2D eigenvalue weighted by atomic mass is 19.4. The van der Waals surface area contributed by atoms with Crippen LogP contribution in [0.4, 0.5) is 13.2 Å². The van der Waals surface area contributed by atoms with E-state index in [-0.39, 0.29) is 18.1 Å². The summed E-state index contributed by atoms with van der Waals surface area (Å²) in [7, 11) is 0. The third kappa shape index (κ3) is 2.52. The van der Waals surface area contributed by atoms with Crippen molar-refractivity contribution in [2.45, 2.75) is 44.7 Å². The van der Waals surface area contributed by atoms with Gasteiger partial charge < -0.3 is 0 Å². The van der Waals surface area contributed by atoms with Crippen molar-refractivity contribution < 1.29 is 18.0 Å². The normalized spacial score (nSPS) is 34.7. The largest absolute Gasteiger partial charge is 0.389 e. The van der Waals surface area contributed by atoms with Crippen LogP contribution in [0.15, 0.2) is 0 Å². The molecule has 1 nitrogen and oxygen atoms in total. The molecule has 0 aromatic heterocycles. The highest BCUT2D eigenvalue weighted by molar-refractivity contribution is 5.84. The molecule has 86 valence electrons. The molecule has 0 bridgehead atoms. The lowest BCUT2D eigenvalue weighted by atomic mass is 10.0. The van der Waals surface area contributed by atoms with Crippen molar-refractivity contribution in [3.63, 3.8) is 0 Å². The predicted molar refractivity (Wildman–Crippen MR) is 49.2 cm³/mol. The predicted octanol–water partition coefficient (Wildman–Crippen LogP) is 3.33. The van der Waals surface area contributed by atoms with E-state index in [0.717, 1.165) is 25.7 Å². The number of Topliss-reactive ketones (excluding diaryl/α,β-unsaturated/α-hetero) is 1. The lowest BCUT2D eigenvalue weighted by molar-refractivity contribution is -0.144. The Hall–Kier alpha value is -0.540. The Morgan fingerprint density at radius 1 is 1.13 bits per heavy atom. The van der Waals surface area contributed by atoms with Crippen LogP contribution >= 0.6 is 0 Å². The minimum absolute atomic E-state index is 0.0187. The Kier molecular flexibility index (Phi) is 2.77. The van der Waals surface area contributed by atoms with Gasteiger partial charge in [0.1, 0.15) is 5.78 Å². The fourth-order valence-electron chi connectivity index (χ4n) is 2.90. The number of rotatable bonds is 3. The average Bonchev–Trinajstić information content (AvgIpc) is 2.87. The van der Waals surface area contributed by atoms with Gasteiger partial charge in [0.2, 0.25) is 0 Å². The van der Waals surface area contributed by atoms with E-state index in [1.807, 2.05) is 0 Å². The Morgan fingerprint density at radius 3 is 2.13 bits per heavy atom. The van der Waals surface area contributed by atoms with Gasteiger partial charge in [-0.2, -0.15) is 13.2 Å². The monoisotopic (exact) mass is 220 g/mol. The first kappa shape index (κ1) is 11.0. The SMILES string of the molecule is O=C(CCC(F)(F)F)C1C2CCCCC21. The average molecular weight is 220 g/mol. The van der Waals surface area contributed by atoms with Crippen molar-refractivity contribution in [3.05, 3.63) is 0 Å². The molecule has 0 heterocycles. The molecule has 4 heteroatoms. The number of alkyl halides is 3. The number of hydrogen-bond acceptors (Lipinski definition) is 1. The van der Waals surface area contributed by atoms with Crippen LogP contribution in [0.5, 0.6) is 0 Å². The van der Waals surface area contributed by atoms with Crippen molar-refractivity contribution in [1.29, 1.82) is 0 Å². The molecule has 2 fully saturated rings. The molecule has 0 aromatic rings. The first-order valence-electron chi connectivity index (χ1n) is 5.58. The summed E-state index contributed by atoms with van der Waals surface area (Å²) in [6.45, 7) is 0. The molecule has 2 atom stereocenters. The number of halogens is 3. The van der Waals surface area contributed by atoms with Crippen molar-refractivity contribution >= 4 is 5.78 Å². The summed E-state index contributed by atoms with van der Waals surface area (Å²) < 4.78 is 35.8. The van der Waals surface area contributed by atoms with E-state index in [1.165, 1.54) is 0 Å². The summed E-state index contributed by atoms with van der Waals surface area (Å²) in [5.74, 6) is 0.693. The highest BCUT2D eigenvalue weighted by Crippen LogP contribution is 2.56. The maximum Gasteiger partial charge on any atom is 0.389 e. The molecule has 2 aliphatic carbocycles. The standard InChI is InChI=1S/C11H15F3O/c12-11(13,14)6-5-9(15)10-7-3-1-2-4-8(7)10/h7-8,10H,1-6H2. The van der Waals surface area contributed by atoms with E-state index in [2.05, 4.69) is 0 Å². The van der Waals surface area contributed by atoms with E-state index in [4.69, 9.17) is 0 Å². The van der Waals surface area contributed by atoms with Gasteiger partial charge in [-0.15, -0.1) is 0 Å². The van der Waals surface area contributed by atoms with Crippen molar-refractivity contribution in [1.82, 2.24) is 0 Å². The highest BCUT2D eigenvalue weighted by Gasteiger charge is 2.54. The van der Waals surface area contributed by atoms with Crippen LogP contribution in [-0.4, -0.2) is 12.0 Å². The first-order valence-corrected chi connectivity index (χ1v) is 5.58. The van der Waals surface area contributed by atoms with E-state index < -0.39 is 12.6 Å². The van der Waals surface area contributed by atoms with Crippen LogP contribution in [0, 0.1) is 17.8 Å². The Morgan fingerprint density at radius 2 is 1.67 bits per heavy atom. The molecule has 2 rings (SSSR count). The van der Waals surface area contributed by atoms with Gasteiger partial charge >= 0.3 is 6.18 Å². The second-order valence-corrected chi connectivity index (χ2v) is 4.72. The molecule has 15 heavy (non-hydrogen) atoms. The van der Waals surface area contributed by atoms with Gasteiger partial charge in [0.15, 0.2) is 0 Å². The molecule has 2 aliphatic rings. The van der Waals surface area contributed by atoms with E-state index in [0.29, 0.717) is 11.8 Å². The molecule has 0 aliphatic heterocycles. The minimum Gasteiger partial charge on any atom is -0.299 e. The van der Waals surface area contributed by atoms with Crippen LogP contribution in [0.25, 0.3) is 0 Å². The second-order valence-electron chi connectivity index (χ2n) is 4.72. The zero-order valence-electron chi connectivity index (χ0n) is 8.52.